The molecule has 4 rings (SSSR count). The van der Waals surface area contributed by atoms with Crippen molar-refractivity contribution in [3.05, 3.63) is 65.0 Å². The largest absolute Gasteiger partial charge is 0.346 e. The Kier molecular flexibility index (Phi) is 4.92. The van der Waals surface area contributed by atoms with Crippen molar-refractivity contribution in [3.8, 4) is 0 Å². The molecule has 1 N–H and O–H groups in total. The highest BCUT2D eigenvalue weighted by atomic mass is 16.2. The molecule has 0 aliphatic carbocycles. The van der Waals surface area contributed by atoms with E-state index in [-0.39, 0.29) is 11.8 Å². The van der Waals surface area contributed by atoms with Crippen LogP contribution in [0.1, 0.15) is 28.8 Å². The zero-order valence-corrected chi connectivity index (χ0v) is 16.9. The van der Waals surface area contributed by atoms with E-state index in [9.17, 15) is 9.59 Å². The monoisotopic (exact) mass is 388 g/mol. The number of likely N-dealkylation sites (N-methyl/N-ethyl adjacent to an activating group) is 1. The number of para-hydroxylation sites is 1. The fourth-order valence-corrected chi connectivity index (χ4v) is 3.82. The Morgan fingerprint density at radius 3 is 2.90 bits per heavy atom. The second-order valence-electron chi connectivity index (χ2n) is 7.50. The van der Waals surface area contributed by atoms with E-state index in [0.717, 1.165) is 16.8 Å². The fraction of sp³-hybridized carbons (Fsp3) is 0.261. The van der Waals surface area contributed by atoms with Gasteiger partial charge in [-0.3, -0.25) is 9.59 Å². The van der Waals surface area contributed by atoms with Gasteiger partial charge in [-0.15, -0.1) is 0 Å². The summed E-state index contributed by atoms with van der Waals surface area (Å²) in [7, 11) is 3.85. The van der Waals surface area contributed by atoms with Gasteiger partial charge in [-0.25, -0.2) is 4.98 Å². The molecule has 0 atom stereocenters. The number of carbonyl (C=O) groups excluding carboxylic acids is 2. The van der Waals surface area contributed by atoms with Gasteiger partial charge >= 0.3 is 0 Å². The van der Waals surface area contributed by atoms with Crippen molar-refractivity contribution in [1.82, 2.24) is 14.5 Å². The molecule has 2 aromatic heterocycles. The number of rotatable bonds is 4. The molecule has 2 amide bonds. The van der Waals surface area contributed by atoms with Crippen LogP contribution in [0.5, 0.6) is 0 Å². The van der Waals surface area contributed by atoms with E-state index >= 15 is 0 Å². The van der Waals surface area contributed by atoms with Crippen LogP contribution in [-0.4, -0.2) is 33.3 Å². The Morgan fingerprint density at radius 1 is 1.31 bits per heavy atom. The minimum absolute atomic E-state index is 0.00581. The molecule has 0 unspecified atom stereocenters. The fourth-order valence-electron chi connectivity index (χ4n) is 3.82. The predicted octanol–water partition coefficient (Wildman–Crippen LogP) is 3.44. The summed E-state index contributed by atoms with van der Waals surface area (Å²) >= 11 is 0. The smallest absolute Gasteiger partial charge is 0.246 e. The number of amides is 2. The number of nitrogens with one attached hydrogen (secondary N) is 1. The first-order chi connectivity index (χ1) is 13.9. The minimum Gasteiger partial charge on any atom is -0.346 e. The molecule has 0 saturated carbocycles. The van der Waals surface area contributed by atoms with Gasteiger partial charge < -0.3 is 14.8 Å². The van der Waals surface area contributed by atoms with E-state index in [4.69, 9.17) is 0 Å². The number of hydrogen-bond donors (Lipinski definition) is 1. The second-order valence-corrected chi connectivity index (χ2v) is 7.50. The lowest BCUT2D eigenvalue weighted by Gasteiger charge is -2.17. The molecule has 1 aliphatic heterocycles. The molecule has 0 radical (unpaired) electrons. The molecule has 1 aliphatic rings. The summed E-state index contributed by atoms with van der Waals surface area (Å²) in [6, 6.07) is 10.2. The summed E-state index contributed by atoms with van der Waals surface area (Å²) in [5, 5.41) is 3.98. The Balaban J connectivity index is 1.48. The average molecular weight is 388 g/mol. The van der Waals surface area contributed by atoms with E-state index in [1.54, 1.807) is 23.2 Å². The van der Waals surface area contributed by atoms with Crippen LogP contribution in [0.25, 0.3) is 17.0 Å². The summed E-state index contributed by atoms with van der Waals surface area (Å²) in [6.45, 7) is 2.64. The Morgan fingerprint density at radius 2 is 2.10 bits per heavy atom. The lowest BCUT2D eigenvalue weighted by atomic mass is 10.0. The standard InChI is InChI=1S/C23H24N4O2/c1-15-18-6-4-5-7-19(18)27(3)20(15)14-26(2)22(29)11-8-16-12-17-9-10-21(28)25-23(17)24-13-16/h4-8,11-13H,9-10,14H2,1-3H3,(H,24,25,28). The van der Waals surface area contributed by atoms with E-state index in [1.807, 2.05) is 32.3 Å². The Hall–Kier alpha value is -3.41. The van der Waals surface area contributed by atoms with Gasteiger partial charge in [0, 0.05) is 49.4 Å². The highest BCUT2D eigenvalue weighted by Gasteiger charge is 2.17. The van der Waals surface area contributed by atoms with Crippen molar-refractivity contribution in [1.29, 1.82) is 0 Å². The number of carbonyl (C=O) groups is 2. The van der Waals surface area contributed by atoms with E-state index < -0.39 is 0 Å². The van der Waals surface area contributed by atoms with E-state index in [0.29, 0.717) is 25.2 Å². The summed E-state index contributed by atoms with van der Waals surface area (Å²) < 4.78 is 2.15. The van der Waals surface area contributed by atoms with Crippen LogP contribution < -0.4 is 5.32 Å². The summed E-state index contributed by atoms with van der Waals surface area (Å²) in [5.41, 5.74) is 5.35. The first-order valence-corrected chi connectivity index (χ1v) is 9.69. The van der Waals surface area contributed by atoms with Crippen molar-refractivity contribution in [2.45, 2.75) is 26.3 Å². The van der Waals surface area contributed by atoms with Crippen LogP contribution >= 0.6 is 0 Å². The molecule has 3 aromatic rings. The zero-order chi connectivity index (χ0) is 20.5. The van der Waals surface area contributed by atoms with Gasteiger partial charge in [0.15, 0.2) is 0 Å². The molecule has 0 saturated heterocycles. The lowest BCUT2D eigenvalue weighted by molar-refractivity contribution is -0.125. The maximum Gasteiger partial charge on any atom is 0.246 e. The molecule has 0 fully saturated rings. The predicted molar refractivity (Wildman–Crippen MR) is 114 cm³/mol. The number of pyridine rings is 1. The van der Waals surface area contributed by atoms with E-state index in [1.165, 1.54) is 16.5 Å². The maximum absolute atomic E-state index is 12.6. The van der Waals surface area contributed by atoms with Gasteiger partial charge in [-0.05, 0) is 48.2 Å². The van der Waals surface area contributed by atoms with Gasteiger partial charge in [0.1, 0.15) is 5.82 Å². The van der Waals surface area contributed by atoms with Gasteiger partial charge in [-0.1, -0.05) is 18.2 Å². The highest BCUT2D eigenvalue weighted by Crippen LogP contribution is 2.25. The quantitative estimate of drug-likeness (QED) is 0.696. The van der Waals surface area contributed by atoms with Crippen molar-refractivity contribution >= 4 is 34.6 Å². The number of hydrogen-bond acceptors (Lipinski definition) is 3. The third kappa shape index (κ3) is 3.66. The second kappa shape index (κ2) is 7.54. The molecule has 0 spiro atoms. The molecule has 0 bridgehead atoms. The summed E-state index contributed by atoms with van der Waals surface area (Å²) in [5.74, 6) is 0.544. The molecule has 6 nitrogen and oxygen atoms in total. The number of nitrogens with zero attached hydrogens (tertiary/aromatic N) is 3. The first-order valence-electron chi connectivity index (χ1n) is 9.69. The highest BCUT2D eigenvalue weighted by molar-refractivity contribution is 5.94. The van der Waals surface area contributed by atoms with Crippen molar-refractivity contribution in [2.75, 3.05) is 12.4 Å². The van der Waals surface area contributed by atoms with Crippen molar-refractivity contribution in [3.63, 3.8) is 0 Å². The summed E-state index contributed by atoms with van der Waals surface area (Å²) in [4.78, 5) is 30.1. The Bertz CT molecular complexity index is 1100. The number of aromatic nitrogens is 2. The number of aryl methyl sites for hydroxylation is 3. The molecule has 29 heavy (non-hydrogen) atoms. The molecule has 6 heteroatoms. The van der Waals surface area contributed by atoms with Gasteiger partial charge in [0.2, 0.25) is 11.8 Å². The Labute approximate surface area is 169 Å². The van der Waals surface area contributed by atoms with Crippen LogP contribution in [0.3, 0.4) is 0 Å². The van der Waals surface area contributed by atoms with Crippen LogP contribution in [0.15, 0.2) is 42.6 Å². The van der Waals surface area contributed by atoms with Gasteiger partial charge in [0.05, 0.1) is 6.54 Å². The molecule has 3 heterocycles. The van der Waals surface area contributed by atoms with Crippen LogP contribution in [0.2, 0.25) is 0 Å². The zero-order valence-electron chi connectivity index (χ0n) is 16.9. The molecule has 1 aromatic carbocycles. The lowest BCUT2D eigenvalue weighted by Crippen LogP contribution is -2.25. The average Bonchev–Trinajstić information content (AvgIpc) is 2.97. The molecule has 148 valence electrons. The SMILES string of the molecule is Cc1c(CN(C)C(=O)C=Cc2cnc3c(c2)CCC(=O)N3)n(C)c2ccccc12. The van der Waals surface area contributed by atoms with E-state index in [2.05, 4.69) is 33.9 Å². The third-order valence-corrected chi connectivity index (χ3v) is 5.56. The number of fused-ring (bicyclic) bond motifs is 2. The minimum atomic E-state index is -0.0688. The van der Waals surface area contributed by atoms with Crippen LogP contribution in [-0.2, 0) is 29.6 Å². The topological polar surface area (TPSA) is 67.2 Å². The van der Waals surface area contributed by atoms with Crippen LogP contribution in [0, 0.1) is 6.92 Å². The number of anilines is 1. The number of benzene rings is 1. The summed E-state index contributed by atoms with van der Waals surface area (Å²) in [6.07, 6.45) is 6.15. The maximum atomic E-state index is 12.6. The van der Waals surface area contributed by atoms with Crippen LogP contribution in [0.4, 0.5) is 5.82 Å². The van der Waals surface area contributed by atoms with Gasteiger partial charge in [0.25, 0.3) is 0 Å². The van der Waals surface area contributed by atoms with Crippen molar-refractivity contribution in [2.24, 2.45) is 7.05 Å². The molecular formula is C23H24N4O2. The molecular weight excluding hydrogens is 364 g/mol. The normalized spacial score (nSPS) is 13.6. The van der Waals surface area contributed by atoms with Crippen molar-refractivity contribution < 1.29 is 9.59 Å². The first kappa shape index (κ1) is 18.9. The third-order valence-electron chi connectivity index (χ3n) is 5.56. The van der Waals surface area contributed by atoms with Gasteiger partial charge in [-0.2, -0.15) is 0 Å².